The van der Waals surface area contributed by atoms with Crippen molar-refractivity contribution in [1.29, 1.82) is 0 Å². The third-order valence-corrected chi connectivity index (χ3v) is 2.83. The van der Waals surface area contributed by atoms with Crippen LogP contribution in [0.5, 0.6) is 0 Å². The van der Waals surface area contributed by atoms with Crippen LogP contribution >= 0.6 is 0 Å². The van der Waals surface area contributed by atoms with E-state index in [4.69, 9.17) is 14.4 Å². The van der Waals surface area contributed by atoms with E-state index < -0.39 is 23.7 Å². The minimum absolute atomic E-state index is 0. The van der Waals surface area contributed by atoms with Gasteiger partial charge in [0.15, 0.2) is 0 Å². The molecule has 0 spiro atoms. The third-order valence-electron chi connectivity index (χ3n) is 2.83. The van der Waals surface area contributed by atoms with Gasteiger partial charge in [-0.05, 0) is 11.8 Å². The Hall–Kier alpha value is -3.10. The summed E-state index contributed by atoms with van der Waals surface area (Å²) in [6, 6.07) is 22.0. The van der Waals surface area contributed by atoms with Crippen molar-refractivity contribution in [3.8, 4) is 11.1 Å². The molecule has 3 aromatic rings. The minimum atomic E-state index is -4.89. The topological polar surface area (TPSA) is 78.2 Å². The fourth-order valence-corrected chi connectivity index (χ4v) is 1.69. The molecule has 12 heteroatoms. The molecule has 0 fully saturated rings. The third kappa shape index (κ3) is 12.6. The van der Waals surface area contributed by atoms with Crippen molar-refractivity contribution in [2.24, 2.45) is 0 Å². The first-order chi connectivity index (χ1) is 14.7. The summed E-state index contributed by atoms with van der Waals surface area (Å²) < 4.78 is 70.3. The normalized spacial score (nSPS) is 9.44. The van der Waals surface area contributed by atoms with Gasteiger partial charge in [-0.3, -0.25) is 20.4 Å². The average Bonchev–Trinajstić information content (AvgIpc) is 3.32. The van der Waals surface area contributed by atoms with E-state index in [0.29, 0.717) is 0 Å². The second-order valence-electron chi connectivity index (χ2n) is 4.66. The van der Waals surface area contributed by atoms with Crippen LogP contribution in [-0.2, 0) is 47.2 Å². The molecule has 175 valence electrons. The second kappa shape index (κ2) is 17.6. The maximum atomic E-state index is 11.7. The Balaban J connectivity index is -0.000000416. The molecular formula is C20H12F6N2O3Re-6. The van der Waals surface area contributed by atoms with E-state index in [-0.39, 0.29) is 26.5 Å². The molecule has 0 saturated carbocycles. The van der Waals surface area contributed by atoms with E-state index in [1.807, 2.05) is 48.5 Å². The van der Waals surface area contributed by atoms with Crippen LogP contribution in [0.4, 0.5) is 26.3 Å². The van der Waals surface area contributed by atoms with E-state index in [2.05, 4.69) is 42.7 Å². The molecule has 1 aromatic heterocycles. The van der Waals surface area contributed by atoms with E-state index >= 15 is 0 Å². The van der Waals surface area contributed by atoms with Crippen molar-refractivity contribution in [2.45, 2.75) is 12.4 Å². The second-order valence-corrected chi connectivity index (χ2v) is 4.66. The number of alkyl halides is 6. The van der Waals surface area contributed by atoms with Crippen molar-refractivity contribution in [3.05, 3.63) is 78.1 Å². The Morgan fingerprint density at radius 1 is 0.719 bits per heavy atom. The molecule has 0 amide bonds. The molecule has 0 aliphatic rings. The zero-order chi connectivity index (χ0) is 24.5. The van der Waals surface area contributed by atoms with Gasteiger partial charge < -0.3 is 24.6 Å². The van der Waals surface area contributed by atoms with Crippen molar-refractivity contribution in [1.82, 2.24) is 10.2 Å². The summed E-state index contributed by atoms with van der Waals surface area (Å²) in [5, 5.41) is 4.72. The van der Waals surface area contributed by atoms with Crippen LogP contribution in [0.3, 0.4) is 0 Å². The summed E-state index contributed by atoms with van der Waals surface area (Å²) >= 11 is 0. The van der Waals surface area contributed by atoms with Gasteiger partial charge in [-0.15, -0.1) is 12.1 Å². The summed E-state index contributed by atoms with van der Waals surface area (Å²) in [4.78, 5) is 23.2. The van der Waals surface area contributed by atoms with Crippen LogP contribution < -0.4 is 5.10 Å². The number of aromatic nitrogens is 2. The van der Waals surface area contributed by atoms with Gasteiger partial charge in [-0.25, -0.2) is 11.1 Å². The van der Waals surface area contributed by atoms with Crippen molar-refractivity contribution in [2.75, 3.05) is 0 Å². The van der Waals surface area contributed by atoms with Crippen LogP contribution in [0.2, 0.25) is 0 Å². The SMILES string of the molecule is FC(F)(F)c1cc(C(F)(F)F)[n-]n1.[CH-]=O.[CH-]=O.[CH-]=O.[Re].[c-]1ccccc1-c1[c-]cccc1. The Labute approximate surface area is 193 Å². The Kier molecular flexibility index (Phi) is 18.4. The number of hydrogen-bond acceptors (Lipinski definition) is 4. The largest absolute Gasteiger partial charge is 0.571 e. The molecular weight excluding hydrogens is 616 g/mol. The smallest absolute Gasteiger partial charge is 0.431 e. The predicted molar refractivity (Wildman–Crippen MR) is 97.4 cm³/mol. The fourth-order valence-electron chi connectivity index (χ4n) is 1.69. The Morgan fingerprint density at radius 3 is 1.34 bits per heavy atom. The average molecular weight is 629 g/mol. The molecule has 32 heavy (non-hydrogen) atoms. The fraction of sp³-hybridized carbons (Fsp3) is 0.100. The van der Waals surface area contributed by atoms with Crippen LogP contribution in [0, 0.1) is 12.1 Å². The molecule has 0 aliphatic heterocycles. The van der Waals surface area contributed by atoms with E-state index in [9.17, 15) is 26.3 Å². The zero-order valence-electron chi connectivity index (χ0n) is 15.7. The molecule has 0 aliphatic carbocycles. The number of halogens is 6. The number of rotatable bonds is 1. The standard InChI is InChI=1S/C12H8.C5HF6N2.3CHO.Re/c1-3-7-11(8-4-1)12-9-5-2-6-10-12;6-4(7,8)2-1-3(13-12-2)5(9,10)11;3*1-2;/h1-7,9H;1H;3*1H;/q-2;4*-1;. The van der Waals surface area contributed by atoms with Crippen molar-refractivity contribution in [3.63, 3.8) is 0 Å². The first-order valence-electron chi connectivity index (χ1n) is 7.47. The number of benzene rings is 2. The molecule has 1 radical (unpaired) electrons. The van der Waals surface area contributed by atoms with Crippen LogP contribution in [0.15, 0.2) is 54.6 Å². The molecule has 3 rings (SSSR count). The Morgan fingerprint density at radius 2 is 1.12 bits per heavy atom. The quantitative estimate of drug-likeness (QED) is 0.230. The van der Waals surface area contributed by atoms with Crippen molar-refractivity contribution >= 4 is 20.4 Å². The van der Waals surface area contributed by atoms with Gasteiger partial charge in [-0.2, -0.15) is 74.9 Å². The molecule has 0 saturated heterocycles. The molecule has 5 nitrogen and oxygen atoms in total. The van der Waals surface area contributed by atoms with Gasteiger partial charge in [-0.1, -0.05) is 0 Å². The van der Waals surface area contributed by atoms with Gasteiger partial charge in [0.25, 0.3) is 0 Å². The number of hydrogen-bond donors (Lipinski definition) is 0. The minimum Gasteiger partial charge on any atom is -0.571 e. The summed E-state index contributed by atoms with van der Waals surface area (Å²) in [7, 11) is 0. The van der Waals surface area contributed by atoms with Crippen LogP contribution in [-0.4, -0.2) is 25.5 Å². The molecule has 0 atom stereocenters. The molecule has 0 N–H and O–H groups in total. The summed E-state index contributed by atoms with van der Waals surface area (Å²) in [6.07, 6.45) is -9.78. The van der Waals surface area contributed by atoms with E-state index in [1.165, 1.54) is 0 Å². The first-order valence-corrected chi connectivity index (χ1v) is 7.47. The maximum Gasteiger partial charge on any atom is 0.431 e. The monoisotopic (exact) mass is 629 g/mol. The van der Waals surface area contributed by atoms with Gasteiger partial charge in [0.05, 0.1) is 0 Å². The van der Waals surface area contributed by atoms with E-state index in [0.717, 1.165) is 11.1 Å². The van der Waals surface area contributed by atoms with Crippen LogP contribution in [0.25, 0.3) is 11.1 Å². The molecule has 2 aromatic carbocycles. The summed E-state index contributed by atoms with van der Waals surface area (Å²) in [5.41, 5.74) is -1.09. The number of carbonyl (C=O) groups excluding carboxylic acids is 3. The predicted octanol–water partition coefficient (Wildman–Crippen LogP) is 4.21. The van der Waals surface area contributed by atoms with Gasteiger partial charge in [0.1, 0.15) is 5.69 Å². The molecule has 0 unspecified atom stereocenters. The van der Waals surface area contributed by atoms with Gasteiger partial charge in [0, 0.05) is 20.4 Å². The zero-order valence-corrected chi connectivity index (χ0v) is 18.4. The first kappa shape index (κ1) is 33.5. The molecule has 1 heterocycles. The van der Waals surface area contributed by atoms with Crippen molar-refractivity contribution < 1.29 is 61.1 Å². The Bertz CT molecular complexity index is 773. The van der Waals surface area contributed by atoms with Gasteiger partial charge >= 0.3 is 12.4 Å². The summed E-state index contributed by atoms with van der Waals surface area (Å²) in [5.74, 6) is 0. The maximum absolute atomic E-state index is 11.7. The number of nitrogens with zero attached hydrogens (tertiary/aromatic N) is 2. The van der Waals surface area contributed by atoms with Gasteiger partial charge in [0.2, 0.25) is 0 Å². The molecule has 0 bridgehead atoms. The summed E-state index contributed by atoms with van der Waals surface area (Å²) in [6.45, 7) is 9.75. The van der Waals surface area contributed by atoms with E-state index in [1.54, 1.807) is 0 Å². The van der Waals surface area contributed by atoms with Crippen LogP contribution in [0.1, 0.15) is 11.4 Å².